The maximum absolute atomic E-state index is 13.6. The number of halogens is 5. The third-order valence-corrected chi connectivity index (χ3v) is 6.52. The molecule has 1 fully saturated rings. The van der Waals surface area contributed by atoms with Crippen LogP contribution >= 0.6 is 11.6 Å². The number of carbonyl (C=O) groups excluding carboxylic acids is 1. The summed E-state index contributed by atoms with van der Waals surface area (Å²) in [5.74, 6) is -3.06. The summed E-state index contributed by atoms with van der Waals surface area (Å²) in [4.78, 5) is 20.8. The van der Waals surface area contributed by atoms with Gasteiger partial charge in [0.2, 0.25) is 5.28 Å². The van der Waals surface area contributed by atoms with E-state index in [1.165, 1.54) is 30.3 Å². The summed E-state index contributed by atoms with van der Waals surface area (Å²) < 4.78 is 60.3. The van der Waals surface area contributed by atoms with E-state index in [2.05, 4.69) is 20.5 Å². The number of methoxy groups -OCH3 is 1. The maximum atomic E-state index is 13.6. The van der Waals surface area contributed by atoms with Crippen LogP contribution in [0.4, 0.5) is 23.2 Å². The van der Waals surface area contributed by atoms with E-state index in [0.717, 1.165) is 11.5 Å². The minimum atomic E-state index is -5.24. The number of ether oxygens (including phenoxy) is 1. The molecule has 0 saturated carbocycles. The number of nitrogens with zero attached hydrogens (tertiary/aromatic N) is 6. The summed E-state index contributed by atoms with van der Waals surface area (Å²) >= 11 is 5.81. The van der Waals surface area contributed by atoms with E-state index < -0.39 is 30.0 Å². The van der Waals surface area contributed by atoms with Crippen molar-refractivity contribution in [3.8, 4) is 11.4 Å². The Hall–Kier alpha value is -4.07. The van der Waals surface area contributed by atoms with Gasteiger partial charge >= 0.3 is 12.1 Å². The molecule has 0 bridgehead atoms. The molecule has 5 rings (SSSR count). The molecule has 2 aliphatic rings. The third kappa shape index (κ3) is 5.55. The van der Waals surface area contributed by atoms with Crippen LogP contribution in [0.2, 0.25) is 5.28 Å². The molecule has 0 spiro atoms. The summed E-state index contributed by atoms with van der Waals surface area (Å²) in [5.41, 5.74) is 1.56. The number of alkyl halides is 3. The normalized spacial score (nSPS) is 19.3. The number of carbonyl (C=O) groups is 1. The second-order valence-electron chi connectivity index (χ2n) is 8.83. The Labute approximate surface area is 224 Å². The van der Waals surface area contributed by atoms with Gasteiger partial charge in [0.15, 0.2) is 6.17 Å². The van der Waals surface area contributed by atoms with E-state index in [9.17, 15) is 22.4 Å². The molecule has 1 saturated heterocycles. The van der Waals surface area contributed by atoms with Crippen LogP contribution in [-0.4, -0.2) is 62.8 Å². The molecule has 2 aliphatic heterocycles. The quantitative estimate of drug-likeness (QED) is 0.444. The van der Waals surface area contributed by atoms with Crippen molar-refractivity contribution in [2.75, 3.05) is 19.0 Å². The molecule has 3 heterocycles. The van der Waals surface area contributed by atoms with Gasteiger partial charge in [-0.25, -0.2) is 18.9 Å². The first-order chi connectivity index (χ1) is 18.6. The minimum Gasteiger partial charge on any atom is -0.494 e. The van der Waals surface area contributed by atoms with Gasteiger partial charge in [-0.1, -0.05) is 18.6 Å². The Morgan fingerprint density at radius 2 is 1.92 bits per heavy atom. The van der Waals surface area contributed by atoms with Gasteiger partial charge in [0, 0.05) is 24.2 Å². The van der Waals surface area contributed by atoms with Crippen molar-refractivity contribution in [1.82, 2.24) is 24.8 Å². The standard InChI is InChI=1S/C24H22ClF4N7O3/c1-38-19-12-16(9-10-18(19)35-13-30-22(25)32-35)31-23-33-34-11-3-2-4-17(14-5-7-15(26)8-6-14)20(34)36(23)39-21(37)24(27,28)29/h5-10,12-13,17,20H,2-4,11H2,1H3,(H,31,33). The second-order valence-corrected chi connectivity index (χ2v) is 9.16. The third-order valence-electron chi connectivity index (χ3n) is 6.35. The Bertz CT molecular complexity index is 1380. The number of hydrogen-bond donors (Lipinski definition) is 1. The predicted molar refractivity (Wildman–Crippen MR) is 131 cm³/mol. The monoisotopic (exact) mass is 567 g/mol. The summed E-state index contributed by atoms with van der Waals surface area (Å²) in [6.07, 6.45) is -2.74. The van der Waals surface area contributed by atoms with Crippen molar-refractivity contribution >= 4 is 29.2 Å². The fraction of sp³-hybridized carbons (Fsp3) is 0.333. The first-order valence-corrected chi connectivity index (χ1v) is 12.2. The van der Waals surface area contributed by atoms with Crippen LogP contribution in [0.15, 0.2) is 53.9 Å². The van der Waals surface area contributed by atoms with Crippen LogP contribution < -0.4 is 10.1 Å². The average Bonchev–Trinajstić information content (AvgIpc) is 3.40. The largest absolute Gasteiger partial charge is 0.494 e. The van der Waals surface area contributed by atoms with Crippen molar-refractivity contribution in [2.45, 2.75) is 37.5 Å². The van der Waals surface area contributed by atoms with Crippen LogP contribution in [0.5, 0.6) is 5.75 Å². The van der Waals surface area contributed by atoms with Crippen molar-refractivity contribution in [3.63, 3.8) is 0 Å². The number of anilines is 1. The zero-order chi connectivity index (χ0) is 27.7. The van der Waals surface area contributed by atoms with Crippen LogP contribution in [0, 0.1) is 5.82 Å². The molecule has 206 valence electrons. The van der Waals surface area contributed by atoms with Crippen molar-refractivity contribution < 1.29 is 31.9 Å². The van der Waals surface area contributed by atoms with E-state index >= 15 is 0 Å². The first kappa shape index (κ1) is 26.5. The Balaban J connectivity index is 1.49. The molecule has 39 heavy (non-hydrogen) atoms. The summed E-state index contributed by atoms with van der Waals surface area (Å²) in [7, 11) is 1.43. The lowest BCUT2D eigenvalue weighted by Gasteiger charge is -2.34. The van der Waals surface area contributed by atoms with Crippen LogP contribution in [-0.2, 0) is 9.63 Å². The van der Waals surface area contributed by atoms with E-state index in [-0.39, 0.29) is 11.2 Å². The van der Waals surface area contributed by atoms with Gasteiger partial charge < -0.3 is 14.9 Å². The molecule has 1 aromatic heterocycles. The van der Waals surface area contributed by atoms with Crippen LogP contribution in [0.25, 0.3) is 5.69 Å². The zero-order valence-electron chi connectivity index (χ0n) is 20.4. The van der Waals surface area contributed by atoms with Gasteiger partial charge in [-0.15, -0.1) is 15.3 Å². The molecule has 0 amide bonds. The number of guanidine groups is 1. The number of hydroxylamine groups is 2. The molecule has 2 unspecified atom stereocenters. The van der Waals surface area contributed by atoms with Gasteiger partial charge in [0.1, 0.15) is 23.6 Å². The maximum Gasteiger partial charge on any atom is 0.493 e. The second kappa shape index (κ2) is 10.6. The highest BCUT2D eigenvalue weighted by Crippen LogP contribution is 2.38. The first-order valence-electron chi connectivity index (χ1n) is 11.9. The van der Waals surface area contributed by atoms with E-state index in [4.69, 9.17) is 21.2 Å². The number of nitrogens with one attached hydrogen (secondary N) is 1. The fourth-order valence-electron chi connectivity index (χ4n) is 4.61. The number of hydrogen-bond acceptors (Lipinski definition) is 9. The van der Waals surface area contributed by atoms with Crippen molar-refractivity contribution in [1.29, 1.82) is 0 Å². The minimum absolute atomic E-state index is 0.0324. The summed E-state index contributed by atoms with van der Waals surface area (Å²) in [5, 5.41) is 13.9. The lowest BCUT2D eigenvalue weighted by Crippen LogP contribution is -2.49. The van der Waals surface area contributed by atoms with E-state index in [0.29, 0.717) is 42.1 Å². The molecular formula is C24H22ClF4N7O3. The van der Waals surface area contributed by atoms with Gasteiger partial charge in [0.05, 0.1) is 7.11 Å². The van der Waals surface area contributed by atoms with Gasteiger partial charge in [0.25, 0.3) is 5.96 Å². The smallest absolute Gasteiger partial charge is 0.493 e. The van der Waals surface area contributed by atoms with Crippen molar-refractivity contribution in [2.24, 2.45) is 5.10 Å². The Morgan fingerprint density at radius 1 is 1.15 bits per heavy atom. The Morgan fingerprint density at radius 3 is 2.59 bits per heavy atom. The molecular weight excluding hydrogens is 546 g/mol. The number of rotatable bonds is 5. The average molecular weight is 568 g/mol. The highest BCUT2D eigenvalue weighted by atomic mass is 35.5. The fourth-order valence-corrected chi connectivity index (χ4v) is 4.74. The number of hydrazone groups is 1. The molecule has 1 N–H and O–H groups in total. The molecule has 2 aromatic carbocycles. The summed E-state index contributed by atoms with van der Waals surface area (Å²) in [6.45, 7) is 0.406. The lowest BCUT2D eigenvalue weighted by molar-refractivity contribution is -0.235. The summed E-state index contributed by atoms with van der Waals surface area (Å²) in [6, 6.07) is 10.5. The highest BCUT2D eigenvalue weighted by Gasteiger charge is 2.49. The SMILES string of the molecule is COc1cc(NC2=NN3CCCCC(c4ccc(F)cc4)C3N2OC(=O)C(F)(F)F)ccc1-n1cnc(Cl)n1. The molecule has 0 radical (unpaired) electrons. The van der Waals surface area contributed by atoms with Gasteiger partial charge in [-0.3, -0.25) is 5.01 Å². The zero-order valence-corrected chi connectivity index (χ0v) is 21.2. The topological polar surface area (TPSA) is 97.1 Å². The molecule has 15 heteroatoms. The van der Waals surface area contributed by atoms with Crippen LogP contribution in [0.1, 0.15) is 30.7 Å². The highest BCUT2D eigenvalue weighted by molar-refractivity contribution is 6.28. The molecule has 3 aromatic rings. The van der Waals surface area contributed by atoms with E-state index in [1.807, 2.05) is 0 Å². The molecule has 10 nitrogen and oxygen atoms in total. The van der Waals surface area contributed by atoms with Gasteiger partial charge in [-0.05, 0) is 54.3 Å². The van der Waals surface area contributed by atoms with Crippen molar-refractivity contribution in [3.05, 3.63) is 65.5 Å². The van der Waals surface area contributed by atoms with E-state index in [1.54, 1.807) is 35.3 Å². The molecule has 2 atom stereocenters. The van der Waals surface area contributed by atoms with Crippen LogP contribution in [0.3, 0.4) is 0 Å². The number of fused-ring (bicyclic) bond motifs is 1. The molecule has 0 aliphatic carbocycles. The van der Waals surface area contributed by atoms with Gasteiger partial charge in [-0.2, -0.15) is 13.2 Å². The predicted octanol–water partition coefficient (Wildman–Crippen LogP) is 4.68. The number of benzene rings is 2. The number of aromatic nitrogens is 3. The Kier molecular flexibility index (Phi) is 7.21. The lowest BCUT2D eigenvalue weighted by atomic mass is 9.91.